The molecule has 29 heavy (non-hydrogen) atoms. The van der Waals surface area contributed by atoms with Gasteiger partial charge in [0.15, 0.2) is 6.10 Å². The van der Waals surface area contributed by atoms with E-state index in [0.717, 1.165) is 43.7 Å². The fraction of sp³-hybridized carbons (Fsp3) is 0.417. The predicted molar refractivity (Wildman–Crippen MR) is 115 cm³/mol. The Kier molecular flexibility index (Phi) is 5.56. The van der Waals surface area contributed by atoms with Gasteiger partial charge in [-0.2, -0.15) is 0 Å². The minimum absolute atomic E-state index is 0.0754. The lowest BCUT2D eigenvalue weighted by atomic mass is 9.96. The molecule has 2 aromatic carbocycles. The van der Waals surface area contributed by atoms with E-state index in [1.54, 1.807) is 0 Å². The fourth-order valence-electron chi connectivity index (χ4n) is 4.08. The van der Waals surface area contributed by atoms with Gasteiger partial charge in [0.1, 0.15) is 5.75 Å². The van der Waals surface area contributed by atoms with Crippen molar-refractivity contribution in [3.63, 3.8) is 0 Å². The third-order valence-electron chi connectivity index (χ3n) is 6.02. The minimum Gasteiger partial charge on any atom is -0.481 e. The van der Waals surface area contributed by atoms with Gasteiger partial charge in [-0.25, -0.2) is 4.98 Å². The van der Waals surface area contributed by atoms with E-state index in [2.05, 4.69) is 35.5 Å². The van der Waals surface area contributed by atoms with Crippen molar-refractivity contribution in [1.29, 1.82) is 0 Å². The number of hydrogen-bond acceptors (Lipinski definition) is 3. The molecule has 0 spiro atoms. The van der Waals surface area contributed by atoms with Crippen LogP contribution >= 0.6 is 0 Å². The number of fused-ring (bicyclic) bond motifs is 1. The Labute approximate surface area is 172 Å². The van der Waals surface area contributed by atoms with Gasteiger partial charge in [-0.15, -0.1) is 0 Å². The molecule has 1 fully saturated rings. The zero-order valence-electron chi connectivity index (χ0n) is 17.5. The number of benzene rings is 2. The Morgan fingerprint density at radius 3 is 2.55 bits per heavy atom. The van der Waals surface area contributed by atoms with Crippen LogP contribution in [0.15, 0.2) is 48.8 Å². The summed E-state index contributed by atoms with van der Waals surface area (Å²) in [6.45, 7) is 8.64. The van der Waals surface area contributed by atoms with Crippen LogP contribution < -0.4 is 4.74 Å². The molecule has 1 unspecified atom stereocenters. The first-order valence-electron chi connectivity index (χ1n) is 10.4. The van der Waals surface area contributed by atoms with Crippen molar-refractivity contribution < 1.29 is 9.53 Å². The van der Waals surface area contributed by atoms with Gasteiger partial charge in [-0.05, 0) is 74.9 Å². The number of ether oxygens (including phenoxy) is 1. The maximum Gasteiger partial charge on any atom is 0.263 e. The molecule has 5 nitrogen and oxygen atoms in total. The maximum atomic E-state index is 12.8. The van der Waals surface area contributed by atoms with Crippen LogP contribution in [0.3, 0.4) is 0 Å². The standard InChI is InChI=1S/C24H29N3O2/c1-17-13-22-23(14-18(17)2)27(16-25-22)15-20-9-11-26(12-10-20)24(28)19(3)29-21-7-5-4-6-8-21/h4-8,13-14,16,19-20H,9-12,15H2,1-3H3. The first-order chi connectivity index (χ1) is 14.0. The Morgan fingerprint density at radius 1 is 1.14 bits per heavy atom. The first-order valence-corrected chi connectivity index (χ1v) is 10.4. The molecular formula is C24H29N3O2. The van der Waals surface area contributed by atoms with Gasteiger partial charge >= 0.3 is 0 Å². The molecule has 1 amide bonds. The second-order valence-corrected chi connectivity index (χ2v) is 8.16. The van der Waals surface area contributed by atoms with E-state index in [0.29, 0.717) is 5.92 Å². The number of hydrogen-bond donors (Lipinski definition) is 0. The molecule has 1 saturated heterocycles. The number of rotatable bonds is 5. The summed E-state index contributed by atoms with van der Waals surface area (Å²) in [6.07, 6.45) is 3.51. The molecule has 1 atom stereocenters. The summed E-state index contributed by atoms with van der Waals surface area (Å²) in [7, 11) is 0. The van der Waals surface area contributed by atoms with Crippen molar-refractivity contribution in [2.45, 2.75) is 46.3 Å². The highest BCUT2D eigenvalue weighted by atomic mass is 16.5. The summed E-state index contributed by atoms with van der Waals surface area (Å²) in [5, 5.41) is 0. The number of piperidine rings is 1. The molecule has 1 aliphatic rings. The molecule has 0 N–H and O–H groups in total. The molecule has 3 aromatic rings. The summed E-state index contributed by atoms with van der Waals surface area (Å²) >= 11 is 0. The van der Waals surface area contributed by atoms with Crippen molar-refractivity contribution >= 4 is 16.9 Å². The van der Waals surface area contributed by atoms with Crippen LogP contribution in [-0.4, -0.2) is 39.6 Å². The Morgan fingerprint density at radius 2 is 1.83 bits per heavy atom. The number of aryl methyl sites for hydroxylation is 2. The van der Waals surface area contributed by atoms with Crippen LogP contribution in [-0.2, 0) is 11.3 Å². The highest BCUT2D eigenvalue weighted by Crippen LogP contribution is 2.24. The zero-order chi connectivity index (χ0) is 20.4. The van der Waals surface area contributed by atoms with Crippen LogP contribution in [0.4, 0.5) is 0 Å². The molecule has 0 aliphatic carbocycles. The molecule has 4 rings (SSSR count). The van der Waals surface area contributed by atoms with Crippen molar-refractivity contribution in [2.75, 3.05) is 13.1 Å². The number of amides is 1. The molecule has 152 valence electrons. The van der Waals surface area contributed by atoms with Gasteiger partial charge in [-0.1, -0.05) is 18.2 Å². The van der Waals surface area contributed by atoms with Crippen molar-refractivity contribution in [1.82, 2.24) is 14.5 Å². The zero-order valence-corrected chi connectivity index (χ0v) is 17.5. The predicted octanol–water partition coefficient (Wildman–Crippen LogP) is 4.36. The number of carbonyl (C=O) groups excluding carboxylic acids is 1. The summed E-state index contributed by atoms with van der Waals surface area (Å²) < 4.78 is 8.08. The Bertz CT molecular complexity index is 988. The lowest BCUT2D eigenvalue weighted by Gasteiger charge is -2.33. The highest BCUT2D eigenvalue weighted by Gasteiger charge is 2.27. The van der Waals surface area contributed by atoms with Crippen LogP contribution in [0.25, 0.3) is 11.0 Å². The minimum atomic E-state index is -0.460. The summed E-state index contributed by atoms with van der Waals surface area (Å²) in [5.41, 5.74) is 4.84. The van der Waals surface area contributed by atoms with Crippen LogP contribution in [0.2, 0.25) is 0 Å². The quantitative estimate of drug-likeness (QED) is 0.649. The normalized spacial score (nSPS) is 16.2. The van der Waals surface area contributed by atoms with Crippen LogP contribution in [0.1, 0.15) is 30.9 Å². The highest BCUT2D eigenvalue weighted by molar-refractivity contribution is 5.81. The largest absolute Gasteiger partial charge is 0.481 e. The van der Waals surface area contributed by atoms with Crippen molar-refractivity contribution in [3.8, 4) is 5.75 Å². The van der Waals surface area contributed by atoms with E-state index in [-0.39, 0.29) is 5.91 Å². The van der Waals surface area contributed by atoms with E-state index in [4.69, 9.17) is 4.74 Å². The Hall–Kier alpha value is -2.82. The third-order valence-corrected chi connectivity index (χ3v) is 6.02. The summed E-state index contributed by atoms with van der Waals surface area (Å²) in [4.78, 5) is 19.3. The van der Waals surface area contributed by atoms with Gasteiger partial charge in [0.25, 0.3) is 5.91 Å². The molecule has 0 saturated carbocycles. The average Bonchev–Trinajstić information content (AvgIpc) is 3.10. The number of likely N-dealkylation sites (tertiary alicyclic amines) is 1. The SMILES string of the molecule is Cc1cc2ncn(CC3CCN(C(=O)C(C)Oc4ccccc4)CC3)c2cc1C. The lowest BCUT2D eigenvalue weighted by Crippen LogP contribution is -2.45. The Balaban J connectivity index is 1.33. The van der Waals surface area contributed by atoms with E-state index >= 15 is 0 Å². The molecule has 1 aromatic heterocycles. The molecule has 0 bridgehead atoms. The monoisotopic (exact) mass is 391 g/mol. The van der Waals surface area contributed by atoms with Gasteiger partial charge in [0.05, 0.1) is 17.4 Å². The van der Waals surface area contributed by atoms with Gasteiger partial charge in [0, 0.05) is 19.6 Å². The number of para-hydroxylation sites is 1. The van der Waals surface area contributed by atoms with Crippen molar-refractivity contribution in [2.24, 2.45) is 5.92 Å². The topological polar surface area (TPSA) is 47.4 Å². The lowest BCUT2D eigenvalue weighted by molar-refractivity contribution is -0.139. The van der Waals surface area contributed by atoms with E-state index in [1.807, 2.05) is 48.5 Å². The van der Waals surface area contributed by atoms with E-state index in [1.165, 1.54) is 16.6 Å². The summed E-state index contributed by atoms with van der Waals surface area (Å²) in [5.74, 6) is 1.37. The second-order valence-electron chi connectivity index (χ2n) is 8.16. The third kappa shape index (κ3) is 4.29. The fourth-order valence-corrected chi connectivity index (χ4v) is 4.08. The molecule has 5 heteroatoms. The first kappa shape index (κ1) is 19.5. The second kappa shape index (κ2) is 8.27. The maximum absolute atomic E-state index is 12.8. The average molecular weight is 392 g/mol. The van der Waals surface area contributed by atoms with Crippen molar-refractivity contribution in [3.05, 3.63) is 59.9 Å². The van der Waals surface area contributed by atoms with Gasteiger partial charge in [0.2, 0.25) is 0 Å². The van der Waals surface area contributed by atoms with E-state index < -0.39 is 6.10 Å². The molecule has 0 radical (unpaired) electrons. The van der Waals surface area contributed by atoms with E-state index in [9.17, 15) is 4.79 Å². The van der Waals surface area contributed by atoms with Crippen LogP contribution in [0.5, 0.6) is 5.75 Å². The number of aromatic nitrogens is 2. The summed E-state index contributed by atoms with van der Waals surface area (Å²) in [6, 6.07) is 13.9. The smallest absolute Gasteiger partial charge is 0.263 e. The van der Waals surface area contributed by atoms with Crippen LogP contribution in [0, 0.1) is 19.8 Å². The molecule has 1 aliphatic heterocycles. The number of nitrogens with zero attached hydrogens (tertiary/aromatic N) is 3. The number of imidazole rings is 1. The molecule has 2 heterocycles. The number of carbonyl (C=O) groups is 1. The molecular weight excluding hydrogens is 362 g/mol. The van der Waals surface area contributed by atoms with Gasteiger partial charge < -0.3 is 14.2 Å². The van der Waals surface area contributed by atoms with Gasteiger partial charge in [-0.3, -0.25) is 4.79 Å².